The average molecular weight is 473 g/mol. The molecular formula is C25H29ClN2O5. The normalized spacial score (nSPS) is 15.7. The van der Waals surface area contributed by atoms with Crippen molar-refractivity contribution < 1.29 is 24.1 Å². The maximum Gasteiger partial charge on any atom is 0.410 e. The quantitative estimate of drug-likeness (QED) is 0.464. The molecule has 0 fully saturated rings. The van der Waals surface area contributed by atoms with E-state index in [0.717, 1.165) is 22.2 Å². The molecule has 7 nitrogen and oxygen atoms in total. The lowest BCUT2D eigenvalue weighted by molar-refractivity contribution is 0.0655. The summed E-state index contributed by atoms with van der Waals surface area (Å²) in [5.41, 5.74) is 4.10. The monoisotopic (exact) mass is 472 g/mol. The van der Waals surface area contributed by atoms with Crippen LogP contribution in [0.3, 0.4) is 0 Å². The smallest absolute Gasteiger partial charge is 0.410 e. The molecule has 0 saturated carbocycles. The van der Waals surface area contributed by atoms with Gasteiger partial charge in [0, 0.05) is 28.2 Å². The molecule has 1 aromatic heterocycles. The molecule has 4 rings (SSSR count). The summed E-state index contributed by atoms with van der Waals surface area (Å²) in [7, 11) is 0. The van der Waals surface area contributed by atoms with E-state index in [2.05, 4.69) is 4.98 Å². The lowest BCUT2D eigenvalue weighted by atomic mass is 9.92. The van der Waals surface area contributed by atoms with Crippen molar-refractivity contribution in [2.24, 2.45) is 0 Å². The summed E-state index contributed by atoms with van der Waals surface area (Å²) in [6, 6.07) is 13.2. The first-order valence-electron chi connectivity index (χ1n) is 11.2. The summed E-state index contributed by atoms with van der Waals surface area (Å²) in [4.78, 5) is 18.3. The zero-order valence-electron chi connectivity index (χ0n) is 18.8. The summed E-state index contributed by atoms with van der Waals surface area (Å²) in [5.74, 6) is 0.710. The van der Waals surface area contributed by atoms with Crippen molar-refractivity contribution in [2.45, 2.75) is 32.4 Å². The van der Waals surface area contributed by atoms with Gasteiger partial charge >= 0.3 is 6.09 Å². The molecular weight excluding hydrogens is 444 g/mol. The van der Waals surface area contributed by atoms with Gasteiger partial charge in [-0.1, -0.05) is 23.7 Å². The molecule has 1 aliphatic heterocycles. The Kier molecular flexibility index (Phi) is 7.42. The van der Waals surface area contributed by atoms with E-state index in [9.17, 15) is 4.79 Å². The maximum atomic E-state index is 13.0. The zero-order chi connectivity index (χ0) is 23.4. The first-order chi connectivity index (χ1) is 16.0. The average Bonchev–Trinajstić information content (AvgIpc) is 3.16. The lowest BCUT2D eigenvalue weighted by Gasteiger charge is -2.36. The second-order valence-corrected chi connectivity index (χ2v) is 8.68. The number of aliphatic hydroxyl groups excluding tert-OH is 1. The number of nitrogens with zero attached hydrogens (tertiary/aromatic N) is 1. The molecule has 1 atom stereocenters. The molecule has 0 bridgehead atoms. The van der Waals surface area contributed by atoms with Gasteiger partial charge in [-0.25, -0.2) is 4.79 Å². The number of benzene rings is 2. The molecule has 1 amide bonds. The molecule has 1 aliphatic rings. The van der Waals surface area contributed by atoms with Gasteiger partial charge in [0.2, 0.25) is 0 Å². The fourth-order valence-electron chi connectivity index (χ4n) is 4.20. The number of nitrogens with one attached hydrogen (secondary N) is 1. The minimum absolute atomic E-state index is 0.00617. The number of hydrogen-bond donors (Lipinski definition) is 2. The Hall–Kier alpha value is -2.74. The van der Waals surface area contributed by atoms with E-state index in [-0.39, 0.29) is 24.8 Å². The molecule has 1 unspecified atom stereocenters. The first kappa shape index (κ1) is 23.4. The predicted octanol–water partition coefficient (Wildman–Crippen LogP) is 4.70. The summed E-state index contributed by atoms with van der Waals surface area (Å²) < 4.78 is 16.5. The second-order valence-electron chi connectivity index (χ2n) is 8.24. The second kappa shape index (κ2) is 10.5. The number of carbonyl (C=O) groups is 1. The van der Waals surface area contributed by atoms with E-state index < -0.39 is 0 Å². The molecule has 0 spiro atoms. The molecule has 33 heavy (non-hydrogen) atoms. The van der Waals surface area contributed by atoms with Crippen LogP contribution in [0.15, 0.2) is 42.5 Å². The highest BCUT2D eigenvalue weighted by Gasteiger charge is 2.35. The number of amides is 1. The summed E-state index contributed by atoms with van der Waals surface area (Å²) in [5, 5.41) is 10.5. The van der Waals surface area contributed by atoms with Gasteiger partial charge in [-0.3, -0.25) is 4.90 Å². The highest BCUT2D eigenvalue weighted by atomic mass is 35.5. The van der Waals surface area contributed by atoms with Crippen LogP contribution >= 0.6 is 11.6 Å². The van der Waals surface area contributed by atoms with Crippen molar-refractivity contribution in [3.63, 3.8) is 0 Å². The Balaban J connectivity index is 1.63. The third-order valence-electron chi connectivity index (χ3n) is 5.59. The van der Waals surface area contributed by atoms with Crippen LogP contribution in [0, 0.1) is 0 Å². The summed E-state index contributed by atoms with van der Waals surface area (Å²) in [6.07, 6.45) is 0.178. The Bertz CT molecular complexity index is 1100. The van der Waals surface area contributed by atoms with Crippen molar-refractivity contribution >= 4 is 28.6 Å². The molecule has 176 valence electrons. The largest absolute Gasteiger partial charge is 0.491 e. The number of aromatic amines is 1. The number of hydrogen-bond acceptors (Lipinski definition) is 5. The van der Waals surface area contributed by atoms with Gasteiger partial charge in [-0.05, 0) is 61.7 Å². The van der Waals surface area contributed by atoms with Gasteiger partial charge in [0.15, 0.2) is 0 Å². The van der Waals surface area contributed by atoms with Crippen LogP contribution in [-0.4, -0.2) is 60.2 Å². The number of aliphatic hydroxyl groups is 1. The first-order valence-corrected chi connectivity index (χ1v) is 11.5. The van der Waals surface area contributed by atoms with E-state index in [0.29, 0.717) is 43.6 Å². The highest BCUT2D eigenvalue weighted by Crippen LogP contribution is 2.39. The van der Waals surface area contributed by atoms with Gasteiger partial charge in [0.1, 0.15) is 18.4 Å². The van der Waals surface area contributed by atoms with Crippen LogP contribution < -0.4 is 4.74 Å². The van der Waals surface area contributed by atoms with E-state index >= 15 is 0 Å². The van der Waals surface area contributed by atoms with Crippen molar-refractivity contribution in [1.82, 2.24) is 9.88 Å². The van der Waals surface area contributed by atoms with Crippen molar-refractivity contribution in [1.29, 1.82) is 0 Å². The fraction of sp³-hybridized carbons (Fsp3) is 0.400. The predicted molar refractivity (Wildman–Crippen MR) is 127 cm³/mol. The van der Waals surface area contributed by atoms with Gasteiger partial charge in [-0.15, -0.1) is 0 Å². The minimum atomic E-state index is -0.335. The Morgan fingerprint density at radius 2 is 1.97 bits per heavy atom. The fourth-order valence-corrected chi connectivity index (χ4v) is 4.38. The van der Waals surface area contributed by atoms with Crippen molar-refractivity contribution in [3.8, 4) is 5.75 Å². The van der Waals surface area contributed by atoms with Crippen LogP contribution in [0.4, 0.5) is 4.79 Å². The Morgan fingerprint density at radius 1 is 1.18 bits per heavy atom. The number of aromatic nitrogens is 1. The number of rotatable bonds is 8. The number of ether oxygens (including phenoxy) is 3. The van der Waals surface area contributed by atoms with Crippen LogP contribution in [0.5, 0.6) is 5.75 Å². The molecule has 0 saturated heterocycles. The van der Waals surface area contributed by atoms with Gasteiger partial charge in [0.05, 0.1) is 25.9 Å². The number of carbonyl (C=O) groups excluding carboxylic acids is 1. The standard InChI is InChI=1S/C25H29ClN2O5/c1-16(2)33-25(30)28-10-9-20-21-15-18(26)5-8-22(21)27-23(20)24(28)17-3-6-19(7-4-17)32-14-13-31-12-11-29/h3-8,15-16,24,27,29H,9-14H2,1-2H3. The third-order valence-corrected chi connectivity index (χ3v) is 5.82. The van der Waals surface area contributed by atoms with Gasteiger partial charge in [-0.2, -0.15) is 0 Å². The van der Waals surface area contributed by atoms with Crippen LogP contribution in [0.1, 0.15) is 36.7 Å². The molecule has 2 N–H and O–H groups in total. The SMILES string of the molecule is CC(C)OC(=O)N1CCc2c([nH]c3ccc(Cl)cc23)C1c1ccc(OCCOCCO)cc1. The molecule has 0 aliphatic carbocycles. The van der Waals surface area contributed by atoms with Gasteiger partial charge < -0.3 is 24.3 Å². The van der Waals surface area contributed by atoms with Crippen molar-refractivity contribution in [3.05, 3.63) is 64.3 Å². The van der Waals surface area contributed by atoms with E-state index in [1.54, 1.807) is 4.90 Å². The molecule has 0 radical (unpaired) electrons. The van der Waals surface area contributed by atoms with E-state index in [1.165, 1.54) is 5.56 Å². The van der Waals surface area contributed by atoms with Crippen LogP contribution in [0.25, 0.3) is 10.9 Å². The molecule has 8 heteroatoms. The van der Waals surface area contributed by atoms with Gasteiger partial charge in [0.25, 0.3) is 0 Å². The number of fused-ring (bicyclic) bond motifs is 3. The highest BCUT2D eigenvalue weighted by molar-refractivity contribution is 6.31. The van der Waals surface area contributed by atoms with Crippen molar-refractivity contribution in [2.75, 3.05) is 33.0 Å². The van der Waals surface area contributed by atoms with E-state index in [1.807, 2.05) is 56.3 Å². The Morgan fingerprint density at radius 3 is 2.70 bits per heavy atom. The van der Waals surface area contributed by atoms with Crippen LogP contribution in [0.2, 0.25) is 5.02 Å². The lowest BCUT2D eigenvalue weighted by Crippen LogP contribution is -2.41. The third kappa shape index (κ3) is 5.27. The Labute approximate surface area is 198 Å². The zero-order valence-corrected chi connectivity index (χ0v) is 19.6. The summed E-state index contributed by atoms with van der Waals surface area (Å²) >= 11 is 6.26. The topological polar surface area (TPSA) is 84.0 Å². The number of H-pyrrole nitrogens is 1. The molecule has 2 heterocycles. The van der Waals surface area contributed by atoms with E-state index in [4.69, 9.17) is 30.9 Å². The van der Waals surface area contributed by atoms with Crippen LogP contribution in [-0.2, 0) is 15.9 Å². The summed E-state index contributed by atoms with van der Waals surface area (Å²) in [6.45, 7) is 5.33. The maximum absolute atomic E-state index is 13.0. The minimum Gasteiger partial charge on any atom is -0.491 e. The molecule has 3 aromatic rings. The number of halogens is 1. The molecule has 2 aromatic carbocycles.